The van der Waals surface area contributed by atoms with Gasteiger partial charge in [-0.1, -0.05) is 42.5 Å². The first-order valence-corrected chi connectivity index (χ1v) is 9.43. The SMILES string of the molecule is NS(=O)(=O)c1ccc(CNC(=O)Cn2ccnc2-c2ccccc2)cc1. The largest absolute Gasteiger partial charge is 0.350 e. The summed E-state index contributed by atoms with van der Waals surface area (Å²) in [5, 5.41) is 7.87. The van der Waals surface area contributed by atoms with Crippen molar-refractivity contribution in [1.29, 1.82) is 0 Å². The number of hydrogen-bond donors (Lipinski definition) is 2. The van der Waals surface area contributed by atoms with Gasteiger partial charge in [-0.2, -0.15) is 0 Å². The minimum atomic E-state index is -3.71. The number of aromatic nitrogens is 2. The summed E-state index contributed by atoms with van der Waals surface area (Å²) in [6, 6.07) is 15.7. The van der Waals surface area contributed by atoms with Crippen molar-refractivity contribution in [2.24, 2.45) is 5.14 Å². The van der Waals surface area contributed by atoms with Crippen LogP contribution in [-0.4, -0.2) is 23.9 Å². The number of nitrogens with one attached hydrogen (secondary N) is 1. The second-order valence-corrected chi connectivity index (χ2v) is 7.27. The number of nitrogens with zero attached hydrogens (tertiary/aromatic N) is 2. The Hall–Kier alpha value is -2.97. The number of benzene rings is 2. The van der Waals surface area contributed by atoms with Crippen molar-refractivity contribution in [3.8, 4) is 11.4 Å². The summed E-state index contributed by atoms with van der Waals surface area (Å²) in [6.07, 6.45) is 3.41. The summed E-state index contributed by atoms with van der Waals surface area (Å²) in [6.45, 7) is 0.429. The molecule has 0 aliphatic rings. The smallest absolute Gasteiger partial charge is 0.240 e. The molecule has 7 nitrogen and oxygen atoms in total. The van der Waals surface area contributed by atoms with E-state index in [1.165, 1.54) is 12.1 Å². The van der Waals surface area contributed by atoms with Crippen molar-refractivity contribution in [2.45, 2.75) is 18.0 Å². The number of carbonyl (C=O) groups is 1. The molecule has 0 bridgehead atoms. The molecule has 0 saturated heterocycles. The van der Waals surface area contributed by atoms with Crippen molar-refractivity contribution in [1.82, 2.24) is 14.9 Å². The van der Waals surface area contributed by atoms with Gasteiger partial charge in [-0.05, 0) is 17.7 Å². The van der Waals surface area contributed by atoms with Gasteiger partial charge in [-0.3, -0.25) is 4.79 Å². The fraction of sp³-hybridized carbons (Fsp3) is 0.111. The van der Waals surface area contributed by atoms with Crippen LogP contribution in [-0.2, 0) is 27.9 Å². The lowest BCUT2D eigenvalue weighted by Crippen LogP contribution is -2.27. The van der Waals surface area contributed by atoms with Gasteiger partial charge in [-0.15, -0.1) is 0 Å². The summed E-state index contributed by atoms with van der Waals surface area (Å²) in [5.41, 5.74) is 1.71. The average Bonchev–Trinajstić information content (AvgIpc) is 3.08. The van der Waals surface area contributed by atoms with Crippen molar-refractivity contribution in [3.63, 3.8) is 0 Å². The van der Waals surface area contributed by atoms with Gasteiger partial charge in [0.25, 0.3) is 0 Å². The number of carbonyl (C=O) groups excluding carboxylic acids is 1. The van der Waals surface area contributed by atoms with E-state index in [-0.39, 0.29) is 17.3 Å². The predicted octanol–water partition coefficient (Wildman–Crippen LogP) is 1.51. The lowest BCUT2D eigenvalue weighted by Gasteiger charge is -2.09. The van der Waals surface area contributed by atoms with Gasteiger partial charge in [0.2, 0.25) is 15.9 Å². The van der Waals surface area contributed by atoms with E-state index >= 15 is 0 Å². The molecule has 0 atom stereocenters. The molecule has 1 aromatic heterocycles. The standard InChI is InChI=1S/C18H18N4O3S/c19-26(24,25)16-8-6-14(7-9-16)12-21-17(23)13-22-11-10-20-18(22)15-4-2-1-3-5-15/h1-11H,12-13H2,(H,21,23)(H2,19,24,25). The maximum absolute atomic E-state index is 12.2. The summed E-state index contributed by atoms with van der Waals surface area (Å²) in [7, 11) is -3.71. The third-order valence-electron chi connectivity index (χ3n) is 3.80. The molecule has 0 unspecified atom stereocenters. The van der Waals surface area contributed by atoms with E-state index in [2.05, 4.69) is 10.3 Å². The van der Waals surface area contributed by atoms with E-state index < -0.39 is 10.0 Å². The number of nitrogens with two attached hydrogens (primary N) is 1. The predicted molar refractivity (Wildman–Crippen MR) is 97.3 cm³/mol. The fourth-order valence-corrected chi connectivity index (χ4v) is 3.01. The molecule has 26 heavy (non-hydrogen) atoms. The van der Waals surface area contributed by atoms with Gasteiger partial charge >= 0.3 is 0 Å². The molecule has 134 valence electrons. The van der Waals surface area contributed by atoms with Crippen LogP contribution in [0.1, 0.15) is 5.56 Å². The second kappa shape index (κ2) is 7.51. The molecule has 0 fully saturated rings. The van der Waals surface area contributed by atoms with E-state index in [9.17, 15) is 13.2 Å². The van der Waals surface area contributed by atoms with Gasteiger partial charge in [0.1, 0.15) is 12.4 Å². The van der Waals surface area contributed by atoms with Crippen LogP contribution in [0, 0.1) is 0 Å². The molecule has 0 aliphatic carbocycles. The van der Waals surface area contributed by atoms with Crippen molar-refractivity contribution in [2.75, 3.05) is 0 Å². The molecule has 0 spiro atoms. The Morgan fingerprint density at radius 2 is 1.77 bits per heavy atom. The highest BCUT2D eigenvalue weighted by Crippen LogP contribution is 2.16. The van der Waals surface area contributed by atoms with Crippen molar-refractivity contribution in [3.05, 3.63) is 72.6 Å². The van der Waals surface area contributed by atoms with Crippen LogP contribution in [0.2, 0.25) is 0 Å². The second-order valence-electron chi connectivity index (χ2n) is 5.71. The van der Waals surface area contributed by atoms with E-state index in [4.69, 9.17) is 5.14 Å². The molecule has 2 aromatic carbocycles. The highest BCUT2D eigenvalue weighted by atomic mass is 32.2. The first kappa shape index (κ1) is 17.8. The quantitative estimate of drug-likeness (QED) is 0.686. The molecule has 0 aliphatic heterocycles. The first-order chi connectivity index (χ1) is 12.4. The molecule has 1 heterocycles. The molecular weight excluding hydrogens is 352 g/mol. The van der Waals surface area contributed by atoms with Crippen LogP contribution in [0.4, 0.5) is 0 Å². The third-order valence-corrected chi connectivity index (χ3v) is 4.73. The van der Waals surface area contributed by atoms with Gasteiger partial charge < -0.3 is 9.88 Å². The Balaban J connectivity index is 1.61. The Labute approximate surface area is 151 Å². The van der Waals surface area contributed by atoms with Crippen LogP contribution in [0.25, 0.3) is 11.4 Å². The Morgan fingerprint density at radius 3 is 2.42 bits per heavy atom. The van der Waals surface area contributed by atoms with Gasteiger partial charge in [0, 0.05) is 24.5 Å². The summed E-state index contributed by atoms with van der Waals surface area (Å²) < 4.78 is 24.2. The maximum atomic E-state index is 12.2. The van der Waals surface area contributed by atoms with Gasteiger partial charge in [0.15, 0.2) is 0 Å². The minimum Gasteiger partial charge on any atom is -0.350 e. The maximum Gasteiger partial charge on any atom is 0.240 e. The zero-order chi connectivity index (χ0) is 18.6. The Morgan fingerprint density at radius 1 is 1.08 bits per heavy atom. The first-order valence-electron chi connectivity index (χ1n) is 7.88. The zero-order valence-corrected chi connectivity index (χ0v) is 14.7. The van der Waals surface area contributed by atoms with Crippen LogP contribution in [0.15, 0.2) is 71.9 Å². The van der Waals surface area contributed by atoms with Crippen LogP contribution < -0.4 is 10.5 Å². The number of rotatable bonds is 6. The normalized spacial score (nSPS) is 11.3. The van der Waals surface area contributed by atoms with Crippen LogP contribution >= 0.6 is 0 Å². The van der Waals surface area contributed by atoms with Crippen LogP contribution in [0.3, 0.4) is 0 Å². The fourth-order valence-electron chi connectivity index (χ4n) is 2.49. The highest BCUT2D eigenvalue weighted by Gasteiger charge is 2.10. The third kappa shape index (κ3) is 4.35. The molecule has 3 aromatic rings. The Bertz CT molecular complexity index is 996. The van der Waals surface area contributed by atoms with E-state index in [1.807, 2.05) is 30.3 Å². The Kier molecular flexibility index (Phi) is 5.15. The summed E-state index contributed by atoms with van der Waals surface area (Å²) >= 11 is 0. The number of primary sulfonamides is 1. The van der Waals surface area contributed by atoms with E-state index in [1.54, 1.807) is 29.1 Å². The molecule has 3 rings (SSSR count). The molecule has 3 N–H and O–H groups in total. The minimum absolute atomic E-state index is 0.0403. The van der Waals surface area contributed by atoms with Crippen molar-refractivity contribution >= 4 is 15.9 Å². The average molecular weight is 370 g/mol. The van der Waals surface area contributed by atoms with E-state index in [0.29, 0.717) is 6.54 Å². The monoisotopic (exact) mass is 370 g/mol. The topological polar surface area (TPSA) is 107 Å². The molecule has 0 radical (unpaired) electrons. The number of sulfonamides is 1. The number of hydrogen-bond acceptors (Lipinski definition) is 4. The zero-order valence-electron chi connectivity index (χ0n) is 13.9. The summed E-state index contributed by atoms with van der Waals surface area (Å²) in [5.74, 6) is 0.550. The van der Waals surface area contributed by atoms with Gasteiger partial charge in [0.05, 0.1) is 4.90 Å². The number of imidazole rings is 1. The lowest BCUT2D eigenvalue weighted by atomic mass is 10.2. The number of amides is 1. The molecule has 0 saturated carbocycles. The highest BCUT2D eigenvalue weighted by molar-refractivity contribution is 7.89. The van der Waals surface area contributed by atoms with Crippen molar-refractivity contribution < 1.29 is 13.2 Å². The van der Waals surface area contributed by atoms with Crippen LogP contribution in [0.5, 0.6) is 0 Å². The summed E-state index contributed by atoms with van der Waals surface area (Å²) in [4.78, 5) is 16.6. The molecular formula is C18H18N4O3S. The van der Waals surface area contributed by atoms with E-state index in [0.717, 1.165) is 17.0 Å². The lowest BCUT2D eigenvalue weighted by molar-refractivity contribution is -0.121. The molecule has 1 amide bonds. The molecule has 8 heteroatoms. The van der Waals surface area contributed by atoms with Gasteiger partial charge in [-0.25, -0.2) is 18.5 Å².